The van der Waals surface area contributed by atoms with Gasteiger partial charge in [-0.15, -0.1) is 0 Å². The highest BCUT2D eigenvalue weighted by atomic mass is 16.5. The van der Waals surface area contributed by atoms with Crippen molar-refractivity contribution >= 4 is 11.8 Å². The molecule has 0 spiro atoms. The van der Waals surface area contributed by atoms with Gasteiger partial charge in [0, 0.05) is 24.2 Å². The van der Waals surface area contributed by atoms with Crippen LogP contribution in [0, 0.1) is 22.7 Å². The molecular formula is C37H36N4O4. The van der Waals surface area contributed by atoms with Crippen LogP contribution >= 0.6 is 0 Å². The van der Waals surface area contributed by atoms with E-state index in [-0.39, 0.29) is 11.8 Å². The second-order valence-corrected chi connectivity index (χ2v) is 10.5. The Hall–Kier alpha value is -5.60. The Bertz CT molecular complexity index is 1510. The molecule has 8 heteroatoms. The van der Waals surface area contributed by atoms with Gasteiger partial charge >= 0.3 is 0 Å². The van der Waals surface area contributed by atoms with Gasteiger partial charge in [-0.2, -0.15) is 10.5 Å². The van der Waals surface area contributed by atoms with Crippen LogP contribution in [0.5, 0.6) is 11.5 Å². The van der Waals surface area contributed by atoms with E-state index in [1.165, 1.54) is 0 Å². The summed E-state index contributed by atoms with van der Waals surface area (Å²) in [6.07, 6.45) is 5.22. The molecule has 0 aliphatic heterocycles. The number of ether oxygens (including phenoxy) is 2. The van der Waals surface area contributed by atoms with Crippen LogP contribution in [0.25, 0.3) is 0 Å². The SMILES string of the molecule is N#Cc1cccc(C(=O)NCc2ccc(OCCCCCCCOc3ccc(CNC(=O)c4cccc(C#N)c4)cc3)cc2)c1. The Kier molecular flexibility index (Phi) is 12.6. The number of benzene rings is 4. The first kappa shape index (κ1) is 32.3. The van der Waals surface area contributed by atoms with E-state index in [9.17, 15) is 9.59 Å². The normalized spacial score (nSPS) is 10.3. The summed E-state index contributed by atoms with van der Waals surface area (Å²) in [5, 5.41) is 23.7. The number of nitrogens with one attached hydrogen (secondary N) is 2. The zero-order chi connectivity index (χ0) is 31.7. The lowest BCUT2D eigenvalue weighted by Gasteiger charge is -2.09. The fourth-order valence-electron chi connectivity index (χ4n) is 4.55. The highest BCUT2D eigenvalue weighted by Gasteiger charge is 2.08. The van der Waals surface area contributed by atoms with E-state index in [0.717, 1.165) is 54.7 Å². The average Bonchev–Trinajstić information content (AvgIpc) is 3.09. The lowest BCUT2D eigenvalue weighted by Crippen LogP contribution is -2.22. The van der Waals surface area contributed by atoms with Gasteiger partial charge < -0.3 is 20.1 Å². The fourth-order valence-corrected chi connectivity index (χ4v) is 4.55. The Morgan fingerprint density at radius 3 is 1.36 bits per heavy atom. The van der Waals surface area contributed by atoms with Crippen molar-refractivity contribution in [3.63, 3.8) is 0 Å². The van der Waals surface area contributed by atoms with Gasteiger partial charge in [-0.3, -0.25) is 9.59 Å². The maximum atomic E-state index is 12.3. The van der Waals surface area contributed by atoms with Crippen molar-refractivity contribution in [2.45, 2.75) is 45.2 Å². The average molecular weight is 601 g/mol. The minimum atomic E-state index is -0.214. The first-order valence-corrected chi connectivity index (χ1v) is 15.0. The van der Waals surface area contributed by atoms with Gasteiger partial charge in [-0.25, -0.2) is 0 Å². The standard InChI is InChI=1S/C37H36N4O4/c38-24-30-8-6-10-32(22-30)36(42)40-26-28-12-16-34(17-13-28)44-20-4-2-1-3-5-21-45-35-18-14-29(15-19-35)27-41-37(43)33-11-7-9-31(23-33)25-39/h6-19,22-23H,1-5,20-21,26-27H2,(H,40,42)(H,41,43). The molecule has 0 bridgehead atoms. The number of nitrogens with zero attached hydrogens (tertiary/aromatic N) is 2. The predicted molar refractivity (Wildman–Crippen MR) is 172 cm³/mol. The number of hydrogen-bond acceptors (Lipinski definition) is 6. The van der Waals surface area contributed by atoms with Crippen LogP contribution in [-0.4, -0.2) is 25.0 Å². The van der Waals surface area contributed by atoms with Crippen LogP contribution in [0.3, 0.4) is 0 Å². The molecule has 0 heterocycles. The van der Waals surface area contributed by atoms with Gasteiger partial charge in [0.25, 0.3) is 11.8 Å². The summed E-state index contributed by atoms with van der Waals surface area (Å²) < 4.78 is 11.7. The summed E-state index contributed by atoms with van der Waals surface area (Å²) in [6, 6.07) is 32.7. The summed E-state index contributed by atoms with van der Waals surface area (Å²) in [7, 11) is 0. The van der Waals surface area contributed by atoms with Crippen molar-refractivity contribution in [3.05, 3.63) is 130 Å². The van der Waals surface area contributed by atoms with Crippen LogP contribution < -0.4 is 20.1 Å². The second kappa shape index (κ2) is 17.5. The Balaban J connectivity index is 1.02. The predicted octanol–water partition coefficient (Wildman–Crippen LogP) is 6.70. The van der Waals surface area contributed by atoms with Crippen molar-refractivity contribution in [1.82, 2.24) is 10.6 Å². The summed E-state index contributed by atoms with van der Waals surface area (Å²) in [5.74, 6) is 1.18. The number of carbonyl (C=O) groups excluding carboxylic acids is 2. The van der Waals surface area contributed by atoms with Crippen molar-refractivity contribution < 1.29 is 19.1 Å². The van der Waals surface area contributed by atoms with Crippen LogP contribution in [-0.2, 0) is 13.1 Å². The quantitative estimate of drug-likeness (QED) is 0.138. The molecule has 2 N–H and O–H groups in total. The molecule has 4 rings (SSSR count). The van der Waals surface area contributed by atoms with Gasteiger partial charge in [0.05, 0.1) is 36.5 Å². The van der Waals surface area contributed by atoms with Crippen molar-refractivity contribution in [2.75, 3.05) is 13.2 Å². The minimum absolute atomic E-state index is 0.214. The van der Waals surface area contributed by atoms with Gasteiger partial charge in [0.1, 0.15) is 11.5 Å². The van der Waals surface area contributed by atoms with Gasteiger partial charge in [-0.05, 0) is 84.6 Å². The first-order valence-electron chi connectivity index (χ1n) is 15.0. The third-order valence-corrected chi connectivity index (χ3v) is 7.09. The number of unbranched alkanes of at least 4 members (excludes halogenated alkanes) is 4. The number of rotatable bonds is 16. The molecule has 4 aromatic rings. The summed E-state index contributed by atoms with van der Waals surface area (Å²) in [4.78, 5) is 24.7. The maximum absolute atomic E-state index is 12.3. The van der Waals surface area contributed by atoms with E-state index in [4.69, 9.17) is 20.0 Å². The Morgan fingerprint density at radius 1 is 0.556 bits per heavy atom. The van der Waals surface area contributed by atoms with E-state index >= 15 is 0 Å². The molecule has 8 nitrogen and oxygen atoms in total. The molecule has 0 saturated carbocycles. The third kappa shape index (κ3) is 10.9. The molecule has 0 atom stereocenters. The van der Waals surface area contributed by atoms with Crippen molar-refractivity contribution in [3.8, 4) is 23.6 Å². The fraction of sp³-hybridized carbons (Fsp3) is 0.243. The largest absolute Gasteiger partial charge is 0.494 e. The molecule has 4 aromatic carbocycles. The van der Waals surface area contributed by atoms with E-state index in [2.05, 4.69) is 10.6 Å². The van der Waals surface area contributed by atoms with E-state index < -0.39 is 0 Å². The molecule has 0 aliphatic carbocycles. The van der Waals surface area contributed by atoms with E-state index in [1.54, 1.807) is 48.5 Å². The van der Waals surface area contributed by atoms with E-state index in [0.29, 0.717) is 48.6 Å². The maximum Gasteiger partial charge on any atom is 0.251 e. The molecule has 228 valence electrons. The minimum Gasteiger partial charge on any atom is -0.494 e. The molecular weight excluding hydrogens is 564 g/mol. The highest BCUT2D eigenvalue weighted by molar-refractivity contribution is 5.95. The van der Waals surface area contributed by atoms with E-state index in [1.807, 2.05) is 60.7 Å². The van der Waals surface area contributed by atoms with Crippen LogP contribution in [0.2, 0.25) is 0 Å². The van der Waals surface area contributed by atoms with Gasteiger partial charge in [0.2, 0.25) is 0 Å². The number of carbonyl (C=O) groups is 2. The number of hydrogen-bond donors (Lipinski definition) is 2. The topological polar surface area (TPSA) is 124 Å². The van der Waals surface area contributed by atoms with Crippen LogP contribution in [0.15, 0.2) is 97.1 Å². The summed E-state index contributed by atoms with van der Waals surface area (Å²) in [6.45, 7) is 2.10. The lowest BCUT2D eigenvalue weighted by molar-refractivity contribution is 0.0943. The number of amides is 2. The Morgan fingerprint density at radius 2 is 0.956 bits per heavy atom. The zero-order valence-corrected chi connectivity index (χ0v) is 25.1. The van der Waals surface area contributed by atoms with Crippen LogP contribution in [0.4, 0.5) is 0 Å². The Labute approximate surface area is 264 Å². The summed E-state index contributed by atoms with van der Waals surface area (Å²) >= 11 is 0. The molecule has 0 aromatic heterocycles. The molecule has 2 amide bonds. The monoisotopic (exact) mass is 600 g/mol. The number of nitriles is 2. The molecule has 0 aliphatic rings. The molecule has 0 unspecified atom stereocenters. The van der Waals surface area contributed by atoms with Gasteiger partial charge in [0.15, 0.2) is 0 Å². The highest BCUT2D eigenvalue weighted by Crippen LogP contribution is 2.16. The lowest BCUT2D eigenvalue weighted by atomic mass is 10.1. The van der Waals surface area contributed by atoms with Crippen molar-refractivity contribution in [2.24, 2.45) is 0 Å². The molecule has 0 fully saturated rings. The first-order chi connectivity index (χ1) is 22.0. The molecule has 0 radical (unpaired) electrons. The molecule has 45 heavy (non-hydrogen) atoms. The molecule has 0 saturated heterocycles. The van der Waals surface area contributed by atoms with Gasteiger partial charge in [-0.1, -0.05) is 55.7 Å². The second-order valence-electron chi connectivity index (χ2n) is 10.5. The van der Waals surface area contributed by atoms with Crippen LogP contribution in [0.1, 0.15) is 75.1 Å². The third-order valence-electron chi connectivity index (χ3n) is 7.09. The summed E-state index contributed by atoms with van der Waals surface area (Å²) in [5.41, 5.74) is 3.78. The smallest absolute Gasteiger partial charge is 0.251 e. The zero-order valence-electron chi connectivity index (χ0n) is 25.1. The van der Waals surface area contributed by atoms with Crippen molar-refractivity contribution in [1.29, 1.82) is 10.5 Å².